The number of aromatic nitrogens is 2. The highest BCUT2D eigenvalue weighted by Crippen LogP contribution is 2.21. The molecule has 0 spiro atoms. The van der Waals surface area contributed by atoms with Gasteiger partial charge in [0, 0.05) is 18.5 Å². The largest absolute Gasteiger partial charge is 0.390 e. The number of hydrogen-bond acceptors (Lipinski definition) is 5. The summed E-state index contributed by atoms with van der Waals surface area (Å²) in [6.07, 6.45) is -0.376. The summed E-state index contributed by atoms with van der Waals surface area (Å²) >= 11 is 0. The molecular weight excluding hydrogens is 299 g/mol. The highest BCUT2D eigenvalue weighted by Gasteiger charge is 2.25. The van der Waals surface area contributed by atoms with Gasteiger partial charge in [-0.05, 0) is 19.1 Å². The molecule has 1 aromatic heterocycles. The van der Waals surface area contributed by atoms with Gasteiger partial charge in [0.05, 0.1) is 17.7 Å². The molecule has 0 saturated carbocycles. The van der Waals surface area contributed by atoms with Crippen molar-refractivity contribution in [1.29, 1.82) is 0 Å². The van der Waals surface area contributed by atoms with Gasteiger partial charge < -0.3 is 15.7 Å². The van der Waals surface area contributed by atoms with E-state index in [1.54, 1.807) is 0 Å². The van der Waals surface area contributed by atoms with Crippen molar-refractivity contribution in [2.45, 2.75) is 19.1 Å². The minimum absolute atomic E-state index is 0. The molecule has 20 heavy (non-hydrogen) atoms. The van der Waals surface area contributed by atoms with E-state index in [1.165, 1.54) is 0 Å². The number of hydrogen-bond donors (Lipinski definition) is 3. The minimum atomic E-state index is -0.376. The predicted octanol–water partition coefficient (Wildman–Crippen LogP) is 1.53. The monoisotopic (exact) mass is 316 g/mol. The fourth-order valence-electron chi connectivity index (χ4n) is 2.29. The summed E-state index contributed by atoms with van der Waals surface area (Å²) in [6, 6.07) is 7.90. The molecule has 2 atom stereocenters. The zero-order chi connectivity index (χ0) is 12.5. The summed E-state index contributed by atoms with van der Waals surface area (Å²) in [7, 11) is 0. The molecule has 0 amide bonds. The summed E-state index contributed by atoms with van der Waals surface area (Å²) in [4.78, 5) is 8.84. The van der Waals surface area contributed by atoms with E-state index < -0.39 is 0 Å². The minimum Gasteiger partial charge on any atom is -0.390 e. The average Bonchev–Trinajstić information content (AvgIpc) is 2.75. The zero-order valence-electron chi connectivity index (χ0n) is 11.0. The number of fused-ring (bicyclic) bond motifs is 1. The van der Waals surface area contributed by atoms with Crippen molar-refractivity contribution >= 4 is 41.5 Å². The number of nitrogens with zero attached hydrogens (tertiary/aromatic N) is 2. The number of β-amino-alcohol motifs (C(OH)–C–C–N with tert-alkyl or cyclic N) is 1. The van der Waals surface area contributed by atoms with Gasteiger partial charge in [-0.25, -0.2) is 9.97 Å². The van der Waals surface area contributed by atoms with E-state index in [2.05, 4.69) is 20.6 Å². The van der Waals surface area contributed by atoms with Crippen LogP contribution in [0.3, 0.4) is 0 Å². The van der Waals surface area contributed by atoms with Gasteiger partial charge >= 0.3 is 0 Å². The van der Waals surface area contributed by atoms with Gasteiger partial charge in [0.1, 0.15) is 11.6 Å². The van der Waals surface area contributed by atoms with Gasteiger partial charge in [-0.2, -0.15) is 0 Å². The molecule has 1 aromatic carbocycles. The Morgan fingerprint density at radius 1 is 1.20 bits per heavy atom. The Bertz CT molecular complexity index is 581. The molecule has 5 nitrogen and oxygen atoms in total. The molecule has 7 heteroatoms. The van der Waals surface area contributed by atoms with Gasteiger partial charge in [0.25, 0.3) is 0 Å². The standard InChI is InChI=1S/C13H16N4O.2ClH/c1-8-15-10-5-3-2-4-9(10)13(16-8)17-11-6-14-7-12(11)18;;/h2-5,11-12,14,18H,6-7H2,1H3,(H,15,16,17);2*1H/t11-,12-;;/m1../s1. The van der Waals surface area contributed by atoms with Crippen molar-refractivity contribution in [2.75, 3.05) is 18.4 Å². The third-order valence-corrected chi connectivity index (χ3v) is 3.22. The highest BCUT2D eigenvalue weighted by atomic mass is 35.5. The Hall–Kier alpha value is -1.14. The summed E-state index contributed by atoms with van der Waals surface area (Å²) in [5.41, 5.74) is 0.924. The third kappa shape index (κ3) is 3.30. The fraction of sp³-hybridized carbons (Fsp3) is 0.385. The number of anilines is 1. The van der Waals surface area contributed by atoms with Gasteiger partial charge in [-0.3, -0.25) is 0 Å². The molecule has 1 aliphatic rings. The van der Waals surface area contributed by atoms with Crippen molar-refractivity contribution in [3.63, 3.8) is 0 Å². The molecular formula is C13H18Cl2N4O. The van der Waals surface area contributed by atoms with Crippen LogP contribution in [-0.4, -0.2) is 40.3 Å². The van der Waals surface area contributed by atoms with Crippen LogP contribution in [0, 0.1) is 6.92 Å². The lowest BCUT2D eigenvalue weighted by molar-refractivity contribution is 0.185. The van der Waals surface area contributed by atoms with Gasteiger partial charge in [-0.15, -0.1) is 24.8 Å². The Morgan fingerprint density at radius 3 is 2.65 bits per heavy atom. The quantitative estimate of drug-likeness (QED) is 0.784. The van der Waals surface area contributed by atoms with Crippen LogP contribution in [-0.2, 0) is 0 Å². The van der Waals surface area contributed by atoms with Crippen LogP contribution in [0.1, 0.15) is 5.82 Å². The first-order chi connectivity index (χ1) is 8.74. The van der Waals surface area contributed by atoms with E-state index in [4.69, 9.17) is 0 Å². The summed E-state index contributed by atoms with van der Waals surface area (Å²) < 4.78 is 0. The Kier molecular flexibility index (Phi) is 5.95. The molecule has 0 bridgehead atoms. The molecule has 0 radical (unpaired) electrons. The summed E-state index contributed by atoms with van der Waals surface area (Å²) in [5, 5.41) is 17.3. The Morgan fingerprint density at radius 2 is 1.95 bits per heavy atom. The molecule has 3 N–H and O–H groups in total. The Balaban J connectivity index is 0.000001000. The highest BCUT2D eigenvalue weighted by molar-refractivity contribution is 5.89. The maximum atomic E-state index is 9.82. The van der Waals surface area contributed by atoms with Gasteiger partial charge in [-0.1, -0.05) is 12.1 Å². The predicted molar refractivity (Wildman–Crippen MR) is 85.1 cm³/mol. The first kappa shape index (κ1) is 16.9. The van der Waals surface area contributed by atoms with Crippen molar-refractivity contribution in [2.24, 2.45) is 0 Å². The van der Waals surface area contributed by atoms with Crippen LogP contribution in [0.15, 0.2) is 24.3 Å². The zero-order valence-corrected chi connectivity index (χ0v) is 12.7. The van der Waals surface area contributed by atoms with E-state index >= 15 is 0 Å². The number of nitrogens with one attached hydrogen (secondary N) is 2. The second kappa shape index (κ2) is 7.04. The van der Waals surface area contributed by atoms with Crippen molar-refractivity contribution < 1.29 is 5.11 Å². The lowest BCUT2D eigenvalue weighted by atomic mass is 10.2. The fourth-order valence-corrected chi connectivity index (χ4v) is 2.29. The molecule has 1 saturated heterocycles. The second-order valence-electron chi connectivity index (χ2n) is 4.61. The second-order valence-corrected chi connectivity index (χ2v) is 4.61. The smallest absolute Gasteiger partial charge is 0.137 e. The third-order valence-electron chi connectivity index (χ3n) is 3.22. The van der Waals surface area contributed by atoms with Crippen molar-refractivity contribution in [1.82, 2.24) is 15.3 Å². The van der Waals surface area contributed by atoms with E-state index in [9.17, 15) is 5.11 Å². The van der Waals surface area contributed by atoms with Crippen LogP contribution in [0.5, 0.6) is 0 Å². The molecule has 1 aliphatic heterocycles. The van der Waals surface area contributed by atoms with Crippen LogP contribution in [0.4, 0.5) is 5.82 Å². The van der Waals surface area contributed by atoms with Gasteiger partial charge in [0.2, 0.25) is 0 Å². The molecule has 0 aliphatic carbocycles. The molecule has 0 unspecified atom stereocenters. The number of aliphatic hydroxyl groups excluding tert-OH is 1. The first-order valence-corrected chi connectivity index (χ1v) is 6.13. The lowest BCUT2D eigenvalue weighted by Crippen LogP contribution is -2.32. The first-order valence-electron chi connectivity index (χ1n) is 6.13. The molecule has 1 fully saturated rings. The normalized spacial score (nSPS) is 21.1. The number of aliphatic hydroxyl groups is 1. The van der Waals surface area contributed by atoms with Gasteiger partial charge in [0.15, 0.2) is 0 Å². The van der Waals surface area contributed by atoms with Crippen LogP contribution < -0.4 is 10.6 Å². The van der Waals surface area contributed by atoms with E-state index in [-0.39, 0.29) is 37.0 Å². The van der Waals surface area contributed by atoms with Crippen LogP contribution in [0.25, 0.3) is 10.9 Å². The number of rotatable bonds is 2. The molecule has 110 valence electrons. The molecule has 2 heterocycles. The average molecular weight is 317 g/mol. The molecule has 3 rings (SSSR count). The Labute approximate surface area is 130 Å². The van der Waals surface area contributed by atoms with E-state index in [1.807, 2.05) is 31.2 Å². The number of benzene rings is 1. The van der Waals surface area contributed by atoms with Crippen LogP contribution >= 0.6 is 24.8 Å². The maximum Gasteiger partial charge on any atom is 0.137 e. The molecule has 2 aromatic rings. The van der Waals surface area contributed by atoms with Crippen LogP contribution in [0.2, 0.25) is 0 Å². The van der Waals surface area contributed by atoms with Crippen molar-refractivity contribution in [3.05, 3.63) is 30.1 Å². The number of aryl methyl sites for hydroxylation is 1. The summed E-state index contributed by atoms with van der Waals surface area (Å²) in [6.45, 7) is 3.25. The van der Waals surface area contributed by atoms with E-state index in [0.717, 1.165) is 29.1 Å². The number of halogens is 2. The van der Waals surface area contributed by atoms with E-state index in [0.29, 0.717) is 6.54 Å². The number of para-hydroxylation sites is 1. The SMILES string of the molecule is Cc1nc(N[C@@H]2CNC[C@H]2O)c2ccccc2n1.Cl.Cl. The maximum absolute atomic E-state index is 9.82. The summed E-state index contributed by atoms with van der Waals surface area (Å²) in [5.74, 6) is 1.53. The topological polar surface area (TPSA) is 70.1 Å². The van der Waals surface area contributed by atoms with Crippen molar-refractivity contribution in [3.8, 4) is 0 Å². The lowest BCUT2D eigenvalue weighted by Gasteiger charge is -2.17.